The second-order valence-electron chi connectivity index (χ2n) is 4.03. The molecule has 1 amide bonds. The van der Waals surface area contributed by atoms with Crippen LogP contribution in [0.1, 0.15) is 30.3 Å². The summed E-state index contributed by atoms with van der Waals surface area (Å²) in [5.74, 6) is -0.153. The van der Waals surface area contributed by atoms with Crippen molar-refractivity contribution in [3.8, 4) is 0 Å². The number of amides is 1. The first kappa shape index (κ1) is 12.6. The van der Waals surface area contributed by atoms with E-state index in [2.05, 4.69) is 26.3 Å². The Morgan fingerprint density at radius 1 is 1.76 bits per heavy atom. The molecular weight excluding hydrogens is 286 g/mol. The van der Waals surface area contributed by atoms with Crippen molar-refractivity contribution in [2.45, 2.75) is 32.4 Å². The third kappa shape index (κ3) is 3.07. The molecule has 1 aliphatic rings. The van der Waals surface area contributed by atoms with Crippen LogP contribution >= 0.6 is 15.9 Å². The molecule has 0 spiro atoms. The Labute approximate surface area is 109 Å². The normalized spacial score (nSPS) is 19.5. The highest BCUT2D eigenvalue weighted by molar-refractivity contribution is 9.10. The summed E-state index contributed by atoms with van der Waals surface area (Å²) >= 11 is 3.34. The molecule has 1 aromatic heterocycles. The van der Waals surface area contributed by atoms with Gasteiger partial charge in [-0.15, -0.1) is 0 Å². The molecule has 1 aliphatic heterocycles. The Hall–Kier alpha value is -0.880. The molecule has 0 radical (unpaired) electrons. The van der Waals surface area contributed by atoms with Gasteiger partial charge in [-0.3, -0.25) is 9.48 Å². The zero-order valence-electron chi connectivity index (χ0n) is 9.78. The number of hydrogen-bond acceptors (Lipinski definition) is 3. The summed E-state index contributed by atoms with van der Waals surface area (Å²) in [5, 5.41) is 7.04. The topological polar surface area (TPSA) is 56.2 Å². The van der Waals surface area contributed by atoms with E-state index in [1.165, 1.54) is 0 Å². The van der Waals surface area contributed by atoms with Crippen LogP contribution in [0.3, 0.4) is 0 Å². The summed E-state index contributed by atoms with van der Waals surface area (Å²) < 4.78 is 7.90. The molecule has 5 nitrogen and oxygen atoms in total. The molecule has 1 N–H and O–H groups in total. The van der Waals surface area contributed by atoms with E-state index in [1.54, 1.807) is 10.9 Å². The van der Waals surface area contributed by atoms with Crippen LogP contribution in [0.15, 0.2) is 10.7 Å². The summed E-state index contributed by atoms with van der Waals surface area (Å²) in [5.41, 5.74) is 0.435. The van der Waals surface area contributed by atoms with Crippen LogP contribution < -0.4 is 5.32 Å². The van der Waals surface area contributed by atoms with Crippen LogP contribution in [0.2, 0.25) is 0 Å². The Kier molecular flexibility index (Phi) is 4.17. The predicted octanol–water partition coefficient (Wildman–Crippen LogP) is 1.57. The molecule has 1 atom stereocenters. The third-order valence-corrected chi connectivity index (χ3v) is 3.35. The first-order chi connectivity index (χ1) is 8.20. The van der Waals surface area contributed by atoms with Crippen molar-refractivity contribution in [3.05, 3.63) is 16.4 Å². The number of carbonyl (C=O) groups is 1. The molecule has 1 saturated heterocycles. The quantitative estimate of drug-likeness (QED) is 0.918. The molecule has 1 unspecified atom stereocenters. The Bertz CT molecular complexity index is 399. The van der Waals surface area contributed by atoms with Crippen molar-refractivity contribution in [2.75, 3.05) is 13.2 Å². The van der Waals surface area contributed by atoms with Crippen LogP contribution in [0.5, 0.6) is 0 Å². The summed E-state index contributed by atoms with van der Waals surface area (Å²) in [4.78, 5) is 11.9. The van der Waals surface area contributed by atoms with E-state index < -0.39 is 0 Å². The Morgan fingerprint density at radius 2 is 2.59 bits per heavy atom. The average Bonchev–Trinajstić information content (AvgIpc) is 2.94. The highest BCUT2D eigenvalue weighted by Crippen LogP contribution is 2.15. The minimum Gasteiger partial charge on any atom is -0.376 e. The number of nitrogens with one attached hydrogen (secondary N) is 1. The van der Waals surface area contributed by atoms with E-state index in [1.807, 2.05) is 6.92 Å². The molecule has 6 heteroatoms. The van der Waals surface area contributed by atoms with Crippen LogP contribution in [0, 0.1) is 0 Å². The van der Waals surface area contributed by atoms with E-state index in [-0.39, 0.29) is 12.0 Å². The second kappa shape index (κ2) is 5.64. The second-order valence-corrected chi connectivity index (χ2v) is 4.88. The maximum absolute atomic E-state index is 11.9. The monoisotopic (exact) mass is 301 g/mol. The molecule has 0 saturated carbocycles. The van der Waals surface area contributed by atoms with Gasteiger partial charge in [-0.2, -0.15) is 5.10 Å². The molecule has 17 heavy (non-hydrogen) atoms. The fraction of sp³-hybridized carbons (Fsp3) is 0.636. The molecule has 1 aromatic rings. The Balaban J connectivity index is 1.91. The number of aromatic nitrogens is 2. The first-order valence-electron chi connectivity index (χ1n) is 5.83. The SMILES string of the molecule is CCn1cc(Br)c(C(=O)NCC2CCCO2)n1. The molecular formula is C11H16BrN3O2. The Morgan fingerprint density at radius 3 is 3.18 bits per heavy atom. The van der Waals surface area contributed by atoms with Crippen molar-refractivity contribution < 1.29 is 9.53 Å². The molecule has 1 fully saturated rings. The summed E-state index contributed by atoms with van der Waals surface area (Å²) in [6, 6.07) is 0. The van der Waals surface area contributed by atoms with Crippen molar-refractivity contribution in [1.82, 2.24) is 15.1 Å². The van der Waals surface area contributed by atoms with E-state index in [0.29, 0.717) is 12.2 Å². The fourth-order valence-corrected chi connectivity index (χ4v) is 2.30. The van der Waals surface area contributed by atoms with Crippen LogP contribution in [0.4, 0.5) is 0 Å². The lowest BCUT2D eigenvalue weighted by Gasteiger charge is -2.09. The standard InChI is InChI=1S/C11H16BrN3O2/c1-2-15-7-9(12)10(14-15)11(16)13-6-8-4-3-5-17-8/h7-8H,2-6H2,1H3,(H,13,16). The minimum absolute atomic E-state index is 0.153. The van der Waals surface area contributed by atoms with Crippen molar-refractivity contribution in [3.63, 3.8) is 0 Å². The van der Waals surface area contributed by atoms with Gasteiger partial charge in [0.05, 0.1) is 10.6 Å². The molecule has 0 aromatic carbocycles. The van der Waals surface area contributed by atoms with Gasteiger partial charge in [0, 0.05) is 25.9 Å². The van der Waals surface area contributed by atoms with Gasteiger partial charge in [0.2, 0.25) is 0 Å². The van der Waals surface area contributed by atoms with E-state index in [0.717, 1.165) is 30.5 Å². The average molecular weight is 302 g/mol. The maximum atomic E-state index is 11.9. The van der Waals surface area contributed by atoms with Gasteiger partial charge < -0.3 is 10.1 Å². The smallest absolute Gasteiger partial charge is 0.273 e. The number of rotatable bonds is 4. The molecule has 0 aliphatic carbocycles. The van der Waals surface area contributed by atoms with Crippen LogP contribution in [-0.4, -0.2) is 34.9 Å². The molecule has 2 rings (SSSR count). The lowest BCUT2D eigenvalue weighted by Crippen LogP contribution is -2.32. The van der Waals surface area contributed by atoms with Gasteiger partial charge in [0.25, 0.3) is 5.91 Å². The number of hydrogen-bond donors (Lipinski definition) is 1. The number of halogens is 1. The van der Waals surface area contributed by atoms with Crippen LogP contribution in [0.25, 0.3) is 0 Å². The van der Waals surface area contributed by atoms with E-state index in [9.17, 15) is 4.79 Å². The van der Waals surface area contributed by atoms with Gasteiger partial charge >= 0.3 is 0 Å². The number of carbonyl (C=O) groups excluding carboxylic acids is 1. The summed E-state index contributed by atoms with van der Waals surface area (Å²) in [7, 11) is 0. The van der Waals surface area contributed by atoms with Gasteiger partial charge in [-0.1, -0.05) is 0 Å². The molecule has 2 heterocycles. The van der Waals surface area contributed by atoms with Gasteiger partial charge in [-0.05, 0) is 35.7 Å². The summed E-state index contributed by atoms with van der Waals surface area (Å²) in [6.07, 6.45) is 4.06. The van der Waals surface area contributed by atoms with Crippen molar-refractivity contribution >= 4 is 21.8 Å². The third-order valence-electron chi connectivity index (χ3n) is 2.77. The number of aryl methyl sites for hydroxylation is 1. The lowest BCUT2D eigenvalue weighted by atomic mass is 10.2. The highest BCUT2D eigenvalue weighted by Gasteiger charge is 2.19. The number of ether oxygens (including phenoxy) is 1. The first-order valence-corrected chi connectivity index (χ1v) is 6.62. The predicted molar refractivity (Wildman–Crippen MR) is 66.9 cm³/mol. The zero-order chi connectivity index (χ0) is 12.3. The van der Waals surface area contributed by atoms with Gasteiger partial charge in [-0.25, -0.2) is 0 Å². The lowest BCUT2D eigenvalue weighted by molar-refractivity contribution is 0.0852. The van der Waals surface area contributed by atoms with Gasteiger partial charge in [0.15, 0.2) is 5.69 Å². The van der Waals surface area contributed by atoms with Crippen molar-refractivity contribution in [2.24, 2.45) is 0 Å². The largest absolute Gasteiger partial charge is 0.376 e. The minimum atomic E-state index is -0.153. The van der Waals surface area contributed by atoms with Gasteiger partial charge in [0.1, 0.15) is 0 Å². The molecule has 0 bridgehead atoms. The van der Waals surface area contributed by atoms with E-state index >= 15 is 0 Å². The highest BCUT2D eigenvalue weighted by atomic mass is 79.9. The zero-order valence-corrected chi connectivity index (χ0v) is 11.4. The maximum Gasteiger partial charge on any atom is 0.273 e. The van der Waals surface area contributed by atoms with E-state index in [4.69, 9.17) is 4.74 Å². The fourth-order valence-electron chi connectivity index (χ4n) is 1.81. The van der Waals surface area contributed by atoms with Crippen molar-refractivity contribution in [1.29, 1.82) is 0 Å². The number of nitrogens with zero attached hydrogens (tertiary/aromatic N) is 2. The molecule has 94 valence electrons. The van der Waals surface area contributed by atoms with Crippen LogP contribution in [-0.2, 0) is 11.3 Å². The summed E-state index contributed by atoms with van der Waals surface area (Å²) in [6.45, 7) is 4.09.